The molecule has 4 nitrogen and oxygen atoms in total. The zero-order valence-electron chi connectivity index (χ0n) is 15.4. The van der Waals surface area contributed by atoms with Gasteiger partial charge in [0.25, 0.3) is 0 Å². The van der Waals surface area contributed by atoms with Crippen molar-refractivity contribution >= 4 is 18.1 Å². The van der Waals surface area contributed by atoms with Gasteiger partial charge in [-0.1, -0.05) is 66.2 Å². The third-order valence-corrected chi connectivity index (χ3v) is 4.51. The molecule has 4 rings (SSSR count). The van der Waals surface area contributed by atoms with E-state index in [1.54, 1.807) is 0 Å². The van der Waals surface area contributed by atoms with E-state index in [0.29, 0.717) is 6.61 Å². The summed E-state index contributed by atoms with van der Waals surface area (Å²) in [6.07, 6.45) is 4.10. The lowest BCUT2D eigenvalue weighted by molar-refractivity contribution is -0.106. The number of rotatable bonds is 6. The molecule has 1 aromatic heterocycles. The minimum Gasteiger partial charge on any atom is -0.366 e. The molecule has 2 aromatic carbocycles. The van der Waals surface area contributed by atoms with Crippen LogP contribution in [0.2, 0.25) is 0 Å². The summed E-state index contributed by atoms with van der Waals surface area (Å²) in [5.74, 6) is 0.866. The molecule has 0 spiro atoms. The molecular formula is C23H23N3O. The van der Waals surface area contributed by atoms with Crippen molar-refractivity contribution in [3.8, 4) is 0 Å². The first kappa shape index (κ1) is 17.3. The Morgan fingerprint density at radius 3 is 2.70 bits per heavy atom. The van der Waals surface area contributed by atoms with Crippen molar-refractivity contribution in [3.05, 3.63) is 94.0 Å². The maximum absolute atomic E-state index is 5.89. The van der Waals surface area contributed by atoms with Crippen LogP contribution in [0, 0.1) is 6.92 Å². The predicted molar refractivity (Wildman–Crippen MR) is 109 cm³/mol. The van der Waals surface area contributed by atoms with Gasteiger partial charge in [0, 0.05) is 6.54 Å². The van der Waals surface area contributed by atoms with Crippen LogP contribution in [0.3, 0.4) is 0 Å². The maximum atomic E-state index is 5.89. The van der Waals surface area contributed by atoms with E-state index in [2.05, 4.69) is 60.8 Å². The average molecular weight is 357 g/mol. The van der Waals surface area contributed by atoms with Crippen molar-refractivity contribution in [1.29, 1.82) is 0 Å². The van der Waals surface area contributed by atoms with Crippen LogP contribution in [0.15, 0.2) is 66.7 Å². The third-order valence-electron chi connectivity index (χ3n) is 4.51. The van der Waals surface area contributed by atoms with Crippen molar-refractivity contribution in [2.75, 3.05) is 11.9 Å². The summed E-state index contributed by atoms with van der Waals surface area (Å²) in [7, 11) is 0. The van der Waals surface area contributed by atoms with Crippen LogP contribution in [0.1, 0.15) is 16.7 Å². The first-order chi connectivity index (χ1) is 13.3. The van der Waals surface area contributed by atoms with Crippen LogP contribution in [0.5, 0.6) is 0 Å². The number of aryl methyl sites for hydroxylation is 1. The molecule has 136 valence electrons. The SMILES string of the molecule is Cc1cccc(CNc2ccc3c(n2)=CN(OCc2ccccc2)CC=3)c1. The lowest BCUT2D eigenvalue weighted by atomic mass is 10.1. The van der Waals surface area contributed by atoms with Crippen molar-refractivity contribution in [3.63, 3.8) is 0 Å². The first-order valence-electron chi connectivity index (χ1n) is 9.18. The largest absolute Gasteiger partial charge is 0.366 e. The Hall–Kier alpha value is -3.11. The Balaban J connectivity index is 1.44. The average Bonchev–Trinajstić information content (AvgIpc) is 2.71. The Labute approximate surface area is 159 Å². The Kier molecular flexibility index (Phi) is 5.17. The fourth-order valence-electron chi connectivity index (χ4n) is 3.07. The van der Waals surface area contributed by atoms with Crippen LogP contribution in [0.25, 0.3) is 12.3 Å². The molecule has 3 aromatic rings. The van der Waals surface area contributed by atoms with Gasteiger partial charge < -0.3 is 5.32 Å². The number of benzene rings is 2. The van der Waals surface area contributed by atoms with E-state index < -0.39 is 0 Å². The van der Waals surface area contributed by atoms with E-state index in [4.69, 9.17) is 9.82 Å². The maximum Gasteiger partial charge on any atom is 0.126 e. The van der Waals surface area contributed by atoms with Gasteiger partial charge in [-0.2, -0.15) is 0 Å². The monoisotopic (exact) mass is 357 g/mol. The van der Waals surface area contributed by atoms with E-state index in [1.165, 1.54) is 11.1 Å². The Morgan fingerprint density at radius 1 is 1.00 bits per heavy atom. The predicted octanol–water partition coefficient (Wildman–Crippen LogP) is 2.97. The van der Waals surface area contributed by atoms with Gasteiger partial charge in [0.1, 0.15) is 5.82 Å². The second-order valence-electron chi connectivity index (χ2n) is 6.71. The van der Waals surface area contributed by atoms with Gasteiger partial charge in [0.2, 0.25) is 0 Å². The van der Waals surface area contributed by atoms with Crippen molar-refractivity contribution in [2.24, 2.45) is 0 Å². The van der Waals surface area contributed by atoms with Gasteiger partial charge in [0.05, 0.1) is 24.7 Å². The van der Waals surface area contributed by atoms with Crippen molar-refractivity contribution in [2.45, 2.75) is 20.1 Å². The van der Waals surface area contributed by atoms with E-state index >= 15 is 0 Å². The van der Waals surface area contributed by atoms with Gasteiger partial charge in [0.15, 0.2) is 0 Å². The molecule has 0 saturated heterocycles. The molecule has 0 bridgehead atoms. The molecule has 0 aliphatic carbocycles. The standard InChI is InChI=1S/C23H23N3O/c1-18-6-5-9-20(14-18)15-24-23-11-10-21-12-13-26(16-22(21)25-23)27-17-19-7-3-2-4-8-19/h2-12,14,16H,13,15,17H2,1H3,(H,24,25). The van der Waals surface area contributed by atoms with Gasteiger partial charge >= 0.3 is 0 Å². The fraction of sp³-hybridized carbons (Fsp3) is 0.174. The van der Waals surface area contributed by atoms with E-state index in [-0.39, 0.29) is 0 Å². The molecule has 1 N–H and O–H groups in total. The molecule has 0 fully saturated rings. The Morgan fingerprint density at radius 2 is 1.85 bits per heavy atom. The van der Waals surface area contributed by atoms with E-state index in [9.17, 15) is 0 Å². The normalized spacial score (nSPS) is 12.7. The number of nitrogens with one attached hydrogen (secondary N) is 1. The summed E-state index contributed by atoms with van der Waals surface area (Å²) in [6, 6.07) is 22.8. The fourth-order valence-corrected chi connectivity index (χ4v) is 3.07. The highest BCUT2D eigenvalue weighted by Gasteiger charge is 2.06. The quantitative estimate of drug-likeness (QED) is 0.736. The highest BCUT2D eigenvalue weighted by molar-refractivity contribution is 5.42. The summed E-state index contributed by atoms with van der Waals surface area (Å²) in [4.78, 5) is 10.6. The molecule has 0 unspecified atom stereocenters. The first-order valence-corrected chi connectivity index (χ1v) is 9.18. The van der Waals surface area contributed by atoms with Crippen LogP contribution in [-0.4, -0.2) is 16.6 Å². The molecule has 1 aliphatic rings. The zero-order chi connectivity index (χ0) is 18.5. The number of hydroxylamine groups is 2. The van der Waals surface area contributed by atoms with Gasteiger partial charge in [-0.05, 0) is 35.4 Å². The van der Waals surface area contributed by atoms with E-state index in [1.807, 2.05) is 35.5 Å². The summed E-state index contributed by atoms with van der Waals surface area (Å²) in [6.45, 7) is 4.13. The number of hydrogen-bond donors (Lipinski definition) is 1. The van der Waals surface area contributed by atoms with E-state index in [0.717, 1.165) is 35.0 Å². The lowest BCUT2D eigenvalue weighted by Gasteiger charge is -2.20. The molecule has 2 heterocycles. The molecule has 0 saturated carbocycles. The van der Waals surface area contributed by atoms with Crippen LogP contribution < -0.4 is 15.9 Å². The zero-order valence-corrected chi connectivity index (χ0v) is 15.4. The Bertz CT molecular complexity index is 1030. The number of nitrogens with zero attached hydrogens (tertiary/aromatic N) is 2. The minimum absolute atomic E-state index is 0.547. The van der Waals surface area contributed by atoms with Crippen molar-refractivity contribution < 1.29 is 4.84 Å². The van der Waals surface area contributed by atoms with Crippen molar-refractivity contribution in [1.82, 2.24) is 10.0 Å². The third kappa shape index (κ3) is 4.54. The molecular weight excluding hydrogens is 334 g/mol. The molecule has 0 atom stereocenters. The topological polar surface area (TPSA) is 37.4 Å². The van der Waals surface area contributed by atoms with Crippen LogP contribution in [0.4, 0.5) is 5.82 Å². The summed E-state index contributed by atoms with van der Waals surface area (Å²) < 4.78 is 0. The molecule has 4 heteroatoms. The summed E-state index contributed by atoms with van der Waals surface area (Å²) >= 11 is 0. The number of aromatic nitrogens is 1. The van der Waals surface area contributed by atoms with Gasteiger partial charge in [-0.3, -0.25) is 9.90 Å². The van der Waals surface area contributed by atoms with Crippen LogP contribution >= 0.6 is 0 Å². The highest BCUT2D eigenvalue weighted by Crippen LogP contribution is 2.07. The van der Waals surface area contributed by atoms with Crippen LogP contribution in [-0.2, 0) is 18.0 Å². The number of pyridine rings is 1. The van der Waals surface area contributed by atoms with Gasteiger partial charge in [-0.25, -0.2) is 4.98 Å². The summed E-state index contributed by atoms with van der Waals surface area (Å²) in [5.41, 5.74) is 3.66. The van der Waals surface area contributed by atoms with Gasteiger partial charge in [-0.15, -0.1) is 0 Å². The minimum atomic E-state index is 0.547. The molecule has 0 radical (unpaired) electrons. The lowest BCUT2D eigenvalue weighted by Crippen LogP contribution is -2.37. The highest BCUT2D eigenvalue weighted by atomic mass is 16.7. The summed E-state index contributed by atoms with van der Waals surface area (Å²) in [5, 5.41) is 7.30. The number of fused-ring (bicyclic) bond motifs is 1. The smallest absolute Gasteiger partial charge is 0.126 e. The molecule has 0 amide bonds. The number of anilines is 1. The second kappa shape index (κ2) is 8.06. The second-order valence-corrected chi connectivity index (χ2v) is 6.71. The number of hydrogen-bond acceptors (Lipinski definition) is 4. The molecule has 1 aliphatic heterocycles. The molecule has 27 heavy (non-hydrogen) atoms.